The lowest BCUT2D eigenvalue weighted by atomic mass is 9.88. The van der Waals surface area contributed by atoms with Crippen LogP contribution in [0.4, 0.5) is 0 Å². The van der Waals surface area contributed by atoms with E-state index in [1.54, 1.807) is 33.2 Å². The summed E-state index contributed by atoms with van der Waals surface area (Å²) in [7, 11) is 0. The maximum Gasteiger partial charge on any atom is 0.317 e. The van der Waals surface area contributed by atoms with E-state index in [1.807, 2.05) is 55.5 Å². The number of pyridine rings is 1. The van der Waals surface area contributed by atoms with Crippen molar-refractivity contribution in [3.05, 3.63) is 72.3 Å². The Kier molecular flexibility index (Phi) is 5.81. The predicted octanol–water partition coefficient (Wildman–Crippen LogP) is 5.01. The Morgan fingerprint density at radius 3 is 2.56 bits per heavy atom. The minimum Gasteiger partial charge on any atom is -0.465 e. The molecule has 0 N–H and O–H groups in total. The maximum atomic E-state index is 12.4. The molecule has 1 aromatic carbocycles. The Labute approximate surface area is 186 Å². The monoisotopic (exact) mass is 428 g/mol. The number of ether oxygens (including phenoxy) is 1. The lowest BCUT2D eigenvalue weighted by molar-refractivity contribution is -0.148. The van der Waals surface area contributed by atoms with E-state index in [9.17, 15) is 4.79 Å². The Balaban J connectivity index is 1.70. The molecule has 4 rings (SSSR count). The first kappa shape index (κ1) is 21.4. The molecule has 162 valence electrons. The lowest BCUT2D eigenvalue weighted by Crippen LogP contribution is -2.32. The van der Waals surface area contributed by atoms with Gasteiger partial charge in [-0.1, -0.05) is 35.5 Å². The van der Waals surface area contributed by atoms with E-state index < -0.39 is 5.41 Å². The third kappa shape index (κ3) is 4.14. The lowest BCUT2D eigenvalue weighted by Gasteiger charge is -2.22. The van der Waals surface area contributed by atoms with Crippen LogP contribution < -0.4 is 0 Å². The van der Waals surface area contributed by atoms with Crippen LogP contribution in [0.1, 0.15) is 32.2 Å². The van der Waals surface area contributed by atoms with Crippen LogP contribution in [0.3, 0.4) is 0 Å². The number of benzene rings is 1. The minimum absolute atomic E-state index is 0.316. The van der Waals surface area contributed by atoms with Crippen molar-refractivity contribution in [3.8, 4) is 34.0 Å². The standard InChI is InChI=1S/C25H24N4O3/c1-5-31-24(30)25(3,4)22-13-18(11-12-26-22)20-15-27-16(2)23(28-20)21-14-19(29-32-21)17-9-7-6-8-10-17/h6-15H,5H2,1-4H3. The van der Waals surface area contributed by atoms with Gasteiger partial charge in [-0.05, 0) is 39.8 Å². The molecule has 3 heterocycles. The van der Waals surface area contributed by atoms with E-state index in [2.05, 4.69) is 15.1 Å². The minimum atomic E-state index is -0.886. The highest BCUT2D eigenvalue weighted by atomic mass is 16.5. The van der Waals surface area contributed by atoms with Crippen LogP contribution in [-0.4, -0.2) is 32.7 Å². The second-order valence-electron chi connectivity index (χ2n) is 7.91. The number of aryl methyl sites for hydroxylation is 1. The summed E-state index contributed by atoms with van der Waals surface area (Å²) in [6.07, 6.45) is 3.36. The van der Waals surface area contributed by atoms with Gasteiger partial charge in [-0.25, -0.2) is 4.98 Å². The van der Waals surface area contributed by atoms with Crippen LogP contribution in [0, 0.1) is 6.92 Å². The van der Waals surface area contributed by atoms with Gasteiger partial charge in [-0.15, -0.1) is 0 Å². The molecular weight excluding hydrogens is 404 g/mol. The molecule has 0 aliphatic carbocycles. The molecule has 7 nitrogen and oxygen atoms in total. The molecule has 0 fully saturated rings. The number of esters is 1. The Morgan fingerprint density at radius 2 is 1.81 bits per heavy atom. The number of rotatable bonds is 6. The van der Waals surface area contributed by atoms with Crippen molar-refractivity contribution in [1.82, 2.24) is 20.1 Å². The summed E-state index contributed by atoms with van der Waals surface area (Å²) in [6.45, 7) is 7.56. The zero-order valence-electron chi connectivity index (χ0n) is 18.5. The molecule has 0 aliphatic rings. The number of carbonyl (C=O) groups excluding carboxylic acids is 1. The largest absolute Gasteiger partial charge is 0.465 e. The molecule has 0 spiro atoms. The fraction of sp³-hybridized carbons (Fsp3) is 0.240. The van der Waals surface area contributed by atoms with Gasteiger partial charge in [0.25, 0.3) is 0 Å². The van der Waals surface area contributed by atoms with Gasteiger partial charge in [0.15, 0.2) is 5.76 Å². The SMILES string of the molecule is CCOC(=O)C(C)(C)c1cc(-c2cnc(C)c(-c3cc(-c4ccccc4)no3)n2)ccn1. The molecule has 0 amide bonds. The fourth-order valence-corrected chi connectivity index (χ4v) is 3.30. The van der Waals surface area contributed by atoms with Crippen LogP contribution >= 0.6 is 0 Å². The smallest absolute Gasteiger partial charge is 0.317 e. The highest BCUT2D eigenvalue weighted by Crippen LogP contribution is 2.30. The second-order valence-corrected chi connectivity index (χ2v) is 7.91. The van der Waals surface area contributed by atoms with Gasteiger partial charge in [0, 0.05) is 23.4 Å². The van der Waals surface area contributed by atoms with Crippen molar-refractivity contribution in [2.45, 2.75) is 33.1 Å². The molecule has 4 aromatic rings. The third-order valence-corrected chi connectivity index (χ3v) is 5.25. The van der Waals surface area contributed by atoms with Crippen molar-refractivity contribution in [1.29, 1.82) is 0 Å². The molecule has 0 radical (unpaired) electrons. The Morgan fingerprint density at radius 1 is 1.03 bits per heavy atom. The number of hydrogen-bond acceptors (Lipinski definition) is 7. The average Bonchev–Trinajstić information content (AvgIpc) is 3.30. The quantitative estimate of drug-likeness (QED) is 0.399. The molecule has 3 aromatic heterocycles. The van der Waals surface area contributed by atoms with Crippen LogP contribution in [-0.2, 0) is 14.9 Å². The van der Waals surface area contributed by atoms with Crippen LogP contribution in [0.15, 0.2) is 65.4 Å². The number of carbonyl (C=O) groups is 1. The zero-order valence-corrected chi connectivity index (χ0v) is 18.5. The van der Waals surface area contributed by atoms with Gasteiger partial charge in [0.1, 0.15) is 16.8 Å². The van der Waals surface area contributed by atoms with E-state index in [4.69, 9.17) is 14.2 Å². The topological polar surface area (TPSA) is 91.0 Å². The molecule has 0 unspecified atom stereocenters. The second kappa shape index (κ2) is 8.70. The fourth-order valence-electron chi connectivity index (χ4n) is 3.30. The summed E-state index contributed by atoms with van der Waals surface area (Å²) in [6, 6.07) is 15.3. The van der Waals surface area contributed by atoms with Crippen LogP contribution in [0.2, 0.25) is 0 Å². The van der Waals surface area contributed by atoms with Crippen LogP contribution in [0.5, 0.6) is 0 Å². The van der Waals surface area contributed by atoms with Crippen molar-refractivity contribution in [2.24, 2.45) is 0 Å². The molecule has 0 aliphatic heterocycles. The van der Waals surface area contributed by atoms with Crippen molar-refractivity contribution in [3.63, 3.8) is 0 Å². The van der Waals surface area contributed by atoms with Gasteiger partial charge in [-0.3, -0.25) is 14.8 Å². The summed E-state index contributed by atoms with van der Waals surface area (Å²) in [5.41, 5.74) is 4.19. The molecule has 0 saturated carbocycles. The van der Waals surface area contributed by atoms with Gasteiger partial charge >= 0.3 is 5.97 Å². The Bertz CT molecular complexity index is 1250. The normalized spacial score (nSPS) is 11.4. The van der Waals surface area contributed by atoms with Crippen molar-refractivity contribution < 1.29 is 14.1 Å². The van der Waals surface area contributed by atoms with Gasteiger partial charge in [0.05, 0.1) is 29.9 Å². The molecule has 0 saturated heterocycles. The number of hydrogen-bond donors (Lipinski definition) is 0. The third-order valence-electron chi connectivity index (χ3n) is 5.25. The van der Waals surface area contributed by atoms with E-state index in [0.29, 0.717) is 29.4 Å². The van der Waals surface area contributed by atoms with E-state index in [1.165, 1.54) is 0 Å². The van der Waals surface area contributed by atoms with Gasteiger partial charge in [0.2, 0.25) is 0 Å². The Hall–Kier alpha value is -3.87. The highest BCUT2D eigenvalue weighted by Gasteiger charge is 2.33. The first-order chi connectivity index (χ1) is 15.4. The molecule has 7 heteroatoms. The van der Waals surface area contributed by atoms with E-state index in [0.717, 1.165) is 22.5 Å². The number of nitrogens with zero attached hydrogens (tertiary/aromatic N) is 4. The van der Waals surface area contributed by atoms with Crippen LogP contribution in [0.25, 0.3) is 34.0 Å². The average molecular weight is 428 g/mol. The summed E-state index contributed by atoms with van der Waals surface area (Å²) in [4.78, 5) is 26.1. The van der Waals surface area contributed by atoms with Gasteiger partial charge in [-0.2, -0.15) is 0 Å². The van der Waals surface area contributed by atoms with E-state index in [-0.39, 0.29) is 5.97 Å². The van der Waals surface area contributed by atoms with E-state index >= 15 is 0 Å². The molecule has 0 bridgehead atoms. The molecule has 0 atom stereocenters. The molecule has 32 heavy (non-hydrogen) atoms. The summed E-state index contributed by atoms with van der Waals surface area (Å²) in [5, 5.41) is 4.19. The maximum absolute atomic E-state index is 12.4. The zero-order chi connectivity index (χ0) is 22.7. The highest BCUT2D eigenvalue weighted by molar-refractivity contribution is 5.82. The number of aromatic nitrogens is 4. The first-order valence-corrected chi connectivity index (χ1v) is 10.4. The predicted molar refractivity (Wildman–Crippen MR) is 121 cm³/mol. The molecular formula is C25H24N4O3. The van der Waals surface area contributed by atoms with Crippen molar-refractivity contribution in [2.75, 3.05) is 6.61 Å². The van der Waals surface area contributed by atoms with Gasteiger partial charge < -0.3 is 9.26 Å². The van der Waals surface area contributed by atoms with Crippen molar-refractivity contribution >= 4 is 5.97 Å². The first-order valence-electron chi connectivity index (χ1n) is 10.4. The summed E-state index contributed by atoms with van der Waals surface area (Å²) < 4.78 is 10.8. The summed E-state index contributed by atoms with van der Waals surface area (Å²) >= 11 is 0. The summed E-state index contributed by atoms with van der Waals surface area (Å²) in [5.74, 6) is 0.215.